The van der Waals surface area contributed by atoms with Crippen molar-refractivity contribution in [2.24, 2.45) is 5.92 Å². The first-order valence-corrected chi connectivity index (χ1v) is 7.34. The fourth-order valence-corrected chi connectivity index (χ4v) is 3.88. The van der Waals surface area contributed by atoms with Gasteiger partial charge in [0.15, 0.2) is 11.6 Å². The normalized spacial score (nSPS) is 31.3. The van der Waals surface area contributed by atoms with Crippen LogP contribution >= 0.6 is 0 Å². The van der Waals surface area contributed by atoms with Crippen LogP contribution in [0.2, 0.25) is 0 Å². The molecule has 0 aromatic heterocycles. The highest BCUT2D eigenvalue weighted by atomic mass is 19.1. The second-order valence-electron chi connectivity index (χ2n) is 6.09. The van der Waals surface area contributed by atoms with Crippen LogP contribution in [0, 0.1) is 11.7 Å². The zero-order valence-electron chi connectivity index (χ0n) is 12.1. The van der Waals surface area contributed by atoms with Crippen molar-refractivity contribution < 1.29 is 14.2 Å². The number of ether oxygens (including phenoxy) is 1. The minimum absolute atomic E-state index is 0.144. The first-order valence-electron chi connectivity index (χ1n) is 7.34. The zero-order valence-corrected chi connectivity index (χ0v) is 12.1. The van der Waals surface area contributed by atoms with E-state index in [0.717, 1.165) is 12.8 Å². The van der Waals surface area contributed by atoms with Crippen LogP contribution in [-0.2, 0) is 0 Å². The molecule has 1 N–H and O–H groups in total. The van der Waals surface area contributed by atoms with Crippen molar-refractivity contribution in [2.75, 3.05) is 14.2 Å². The van der Waals surface area contributed by atoms with E-state index in [9.17, 15) is 9.50 Å². The molecule has 3 rings (SSSR count). The van der Waals surface area contributed by atoms with E-state index >= 15 is 0 Å². The molecular weight excluding hydrogens is 257 g/mol. The minimum Gasteiger partial charge on any atom is -0.494 e. The molecule has 2 aliphatic rings. The van der Waals surface area contributed by atoms with Gasteiger partial charge in [-0.3, -0.25) is 0 Å². The molecule has 2 bridgehead atoms. The topological polar surface area (TPSA) is 32.7 Å². The maximum atomic E-state index is 14.3. The van der Waals surface area contributed by atoms with E-state index in [4.69, 9.17) is 4.74 Å². The van der Waals surface area contributed by atoms with Gasteiger partial charge in [0, 0.05) is 17.6 Å². The lowest BCUT2D eigenvalue weighted by Crippen LogP contribution is -2.41. The molecular formula is C16H22FNO2. The number of rotatable bonds is 3. The summed E-state index contributed by atoms with van der Waals surface area (Å²) in [6.07, 6.45) is 3.56. The van der Waals surface area contributed by atoms with Gasteiger partial charge >= 0.3 is 0 Å². The lowest BCUT2D eigenvalue weighted by atomic mass is 9.83. The van der Waals surface area contributed by atoms with Gasteiger partial charge in [-0.1, -0.05) is 12.1 Å². The van der Waals surface area contributed by atoms with Gasteiger partial charge in [-0.2, -0.15) is 0 Å². The fourth-order valence-electron chi connectivity index (χ4n) is 3.88. The van der Waals surface area contributed by atoms with Crippen molar-refractivity contribution in [3.05, 3.63) is 29.6 Å². The largest absolute Gasteiger partial charge is 0.494 e. The summed E-state index contributed by atoms with van der Waals surface area (Å²) in [5.74, 6) is -0.0727. The molecule has 0 amide bonds. The lowest BCUT2D eigenvalue weighted by Gasteiger charge is -2.38. The molecule has 2 aliphatic heterocycles. The first-order chi connectivity index (χ1) is 9.61. The Kier molecular flexibility index (Phi) is 3.69. The van der Waals surface area contributed by atoms with E-state index in [1.807, 2.05) is 0 Å². The number of fused-ring (bicyclic) bond motifs is 2. The predicted octanol–water partition coefficient (Wildman–Crippen LogP) is 2.74. The number of halogens is 1. The standard InChI is InChI=1S/C16H22FNO2/c1-18-11-6-7-12(18)9-10(8-11)16(19)13-4-3-5-14(20-2)15(13)17/h3-5,10-12,16,19H,6-9H2,1-2H3. The quantitative estimate of drug-likeness (QED) is 0.923. The SMILES string of the molecule is COc1cccc(C(O)C2CC3CCC(C2)N3C)c1F. The maximum Gasteiger partial charge on any atom is 0.170 e. The Morgan fingerprint density at radius 1 is 1.30 bits per heavy atom. The van der Waals surface area contributed by atoms with Gasteiger partial charge in [-0.05, 0) is 44.7 Å². The predicted molar refractivity (Wildman–Crippen MR) is 75.2 cm³/mol. The van der Waals surface area contributed by atoms with Gasteiger partial charge in [0.2, 0.25) is 0 Å². The summed E-state index contributed by atoms with van der Waals surface area (Å²) in [6, 6.07) is 6.08. The summed E-state index contributed by atoms with van der Waals surface area (Å²) in [6.45, 7) is 0. The Morgan fingerprint density at radius 3 is 2.55 bits per heavy atom. The van der Waals surface area contributed by atoms with Crippen molar-refractivity contribution in [3.63, 3.8) is 0 Å². The highest BCUT2D eigenvalue weighted by molar-refractivity contribution is 5.32. The van der Waals surface area contributed by atoms with E-state index in [0.29, 0.717) is 17.6 Å². The summed E-state index contributed by atoms with van der Waals surface area (Å²) < 4.78 is 19.3. The number of hydrogen-bond donors (Lipinski definition) is 1. The molecule has 110 valence electrons. The van der Waals surface area contributed by atoms with Crippen molar-refractivity contribution in [1.29, 1.82) is 0 Å². The van der Waals surface area contributed by atoms with E-state index in [2.05, 4.69) is 11.9 Å². The summed E-state index contributed by atoms with van der Waals surface area (Å²) in [7, 11) is 3.61. The van der Waals surface area contributed by atoms with E-state index in [1.54, 1.807) is 18.2 Å². The van der Waals surface area contributed by atoms with Crippen LogP contribution in [0.15, 0.2) is 18.2 Å². The van der Waals surface area contributed by atoms with Crippen LogP contribution in [0.4, 0.5) is 4.39 Å². The van der Waals surface area contributed by atoms with Crippen LogP contribution in [0.1, 0.15) is 37.4 Å². The Hall–Kier alpha value is -1.13. The second-order valence-corrected chi connectivity index (χ2v) is 6.09. The second kappa shape index (κ2) is 5.34. The van der Waals surface area contributed by atoms with Gasteiger partial charge < -0.3 is 14.7 Å². The highest BCUT2D eigenvalue weighted by Gasteiger charge is 2.41. The summed E-state index contributed by atoms with van der Waals surface area (Å²) >= 11 is 0. The van der Waals surface area contributed by atoms with Crippen molar-refractivity contribution in [3.8, 4) is 5.75 Å². The molecule has 1 aromatic carbocycles. The number of aliphatic hydroxyl groups excluding tert-OH is 1. The van der Waals surface area contributed by atoms with Crippen molar-refractivity contribution >= 4 is 0 Å². The molecule has 3 atom stereocenters. The number of benzene rings is 1. The van der Waals surface area contributed by atoms with E-state index in [-0.39, 0.29) is 11.7 Å². The number of methoxy groups -OCH3 is 1. The Bertz CT molecular complexity index is 479. The number of nitrogens with zero attached hydrogens (tertiary/aromatic N) is 1. The molecule has 0 aliphatic carbocycles. The molecule has 0 spiro atoms. The molecule has 2 fully saturated rings. The number of aliphatic hydroxyl groups is 1. The summed E-state index contributed by atoms with van der Waals surface area (Å²) in [5.41, 5.74) is 0.373. The fraction of sp³-hybridized carbons (Fsp3) is 0.625. The average molecular weight is 279 g/mol. The van der Waals surface area contributed by atoms with Crippen LogP contribution in [0.3, 0.4) is 0 Å². The van der Waals surface area contributed by atoms with Crippen LogP contribution in [-0.4, -0.2) is 36.2 Å². The average Bonchev–Trinajstić information content (AvgIpc) is 2.68. The zero-order chi connectivity index (χ0) is 14.3. The van der Waals surface area contributed by atoms with Crippen molar-refractivity contribution in [1.82, 2.24) is 4.90 Å². The number of hydrogen-bond acceptors (Lipinski definition) is 3. The van der Waals surface area contributed by atoms with Gasteiger partial charge in [-0.15, -0.1) is 0 Å². The molecule has 0 saturated carbocycles. The van der Waals surface area contributed by atoms with Crippen LogP contribution < -0.4 is 4.74 Å². The molecule has 3 unspecified atom stereocenters. The Morgan fingerprint density at radius 2 is 1.95 bits per heavy atom. The van der Waals surface area contributed by atoms with E-state index < -0.39 is 11.9 Å². The summed E-state index contributed by atoms with van der Waals surface area (Å²) in [5, 5.41) is 10.6. The highest BCUT2D eigenvalue weighted by Crippen LogP contribution is 2.43. The van der Waals surface area contributed by atoms with Gasteiger partial charge in [-0.25, -0.2) is 4.39 Å². The maximum absolute atomic E-state index is 14.3. The van der Waals surface area contributed by atoms with Crippen LogP contribution in [0.5, 0.6) is 5.75 Å². The minimum atomic E-state index is -0.734. The number of piperidine rings is 1. The van der Waals surface area contributed by atoms with Gasteiger partial charge in [0.1, 0.15) is 0 Å². The lowest BCUT2D eigenvalue weighted by molar-refractivity contribution is 0.0335. The van der Waals surface area contributed by atoms with Crippen LogP contribution in [0.25, 0.3) is 0 Å². The van der Waals surface area contributed by atoms with Gasteiger partial charge in [0.25, 0.3) is 0 Å². The molecule has 0 radical (unpaired) electrons. The molecule has 3 nitrogen and oxygen atoms in total. The van der Waals surface area contributed by atoms with Gasteiger partial charge in [0.05, 0.1) is 13.2 Å². The molecule has 2 heterocycles. The smallest absolute Gasteiger partial charge is 0.170 e. The van der Waals surface area contributed by atoms with Crippen molar-refractivity contribution in [2.45, 2.75) is 43.9 Å². The first kappa shape index (κ1) is 13.8. The molecule has 1 aromatic rings. The third-order valence-electron chi connectivity index (χ3n) is 5.11. The molecule has 20 heavy (non-hydrogen) atoms. The Balaban J connectivity index is 1.81. The Labute approximate surface area is 119 Å². The monoisotopic (exact) mass is 279 g/mol. The van der Waals surface area contributed by atoms with E-state index in [1.165, 1.54) is 20.0 Å². The molecule has 4 heteroatoms. The third-order valence-corrected chi connectivity index (χ3v) is 5.11. The third kappa shape index (κ3) is 2.21. The summed E-state index contributed by atoms with van der Waals surface area (Å²) in [4.78, 5) is 2.42. The molecule has 2 saturated heterocycles.